The molecule has 10 aromatic rings. The number of likely N-dealkylation sites (tertiary alicyclic amines) is 2. The van der Waals surface area contributed by atoms with E-state index in [1.54, 1.807) is 96.4 Å². The number of hydrogen-bond acceptors (Lipinski definition) is 32. The molecule has 0 aliphatic carbocycles. The van der Waals surface area contributed by atoms with E-state index < -0.39 is 50.6 Å². The summed E-state index contributed by atoms with van der Waals surface area (Å²) < 4.78 is 19.6. The summed E-state index contributed by atoms with van der Waals surface area (Å²) in [4.78, 5) is 169. The number of H-pyrrole nitrogens is 5. The molecule has 6 aliphatic heterocycles. The van der Waals surface area contributed by atoms with Gasteiger partial charge in [-0.05, 0) is 130 Å². The number of thiol groups is 2. The Balaban J connectivity index is 0.000000197. The maximum absolute atomic E-state index is 13.1. The van der Waals surface area contributed by atoms with Gasteiger partial charge < -0.3 is 74.1 Å². The van der Waals surface area contributed by atoms with Crippen LogP contribution in [0.4, 0.5) is 56.4 Å². The van der Waals surface area contributed by atoms with Gasteiger partial charge in [-0.25, -0.2) is 28.8 Å². The summed E-state index contributed by atoms with van der Waals surface area (Å²) >= 11 is 61.5. The number of amides is 2. The predicted molar refractivity (Wildman–Crippen MR) is 547 cm³/mol. The molecule has 6 saturated heterocycles. The zero-order valence-corrected chi connectivity index (χ0v) is 86.0. The molecule has 6 unspecified atom stereocenters. The van der Waals surface area contributed by atoms with Gasteiger partial charge in [-0.1, -0.05) is 152 Å². The van der Waals surface area contributed by atoms with E-state index in [1.807, 2.05) is 51.4 Å². The van der Waals surface area contributed by atoms with Crippen LogP contribution in [0, 0.1) is 35.5 Å². The molecule has 19 N–H and O–H groups in total. The van der Waals surface area contributed by atoms with Crippen LogP contribution in [0.5, 0.6) is 0 Å². The Labute approximate surface area is 844 Å². The second kappa shape index (κ2) is 49.3. The van der Waals surface area contributed by atoms with Crippen LogP contribution in [0.25, 0.3) is 0 Å². The zero-order chi connectivity index (χ0) is 100. The van der Waals surface area contributed by atoms with Crippen LogP contribution in [-0.2, 0) is 44.7 Å². The molecule has 2 amide bonds. The third-order valence-corrected chi connectivity index (χ3v) is 28.8. The quantitative estimate of drug-likeness (QED) is 0.0496. The average molecular weight is 2180 g/mol. The summed E-state index contributed by atoms with van der Waals surface area (Å²) in [7, 11) is 11.9. The van der Waals surface area contributed by atoms with E-state index in [2.05, 4.69) is 104 Å². The number of nitrogens with two attached hydrogens (primary N) is 6. The van der Waals surface area contributed by atoms with Crippen molar-refractivity contribution in [2.75, 3.05) is 123 Å². The number of fused-ring (bicyclic) bond motifs is 3. The first-order valence-corrected chi connectivity index (χ1v) is 47.5. The number of hydrogen-bond donors (Lipinski definition) is 15. The molecular weight excluding hydrogens is 2080 g/mol. The molecular formula is C81H98BBrCl8N25O14S5. The molecule has 6 fully saturated rings. The van der Waals surface area contributed by atoms with E-state index in [-0.39, 0.29) is 85.0 Å². The fourth-order valence-corrected chi connectivity index (χ4v) is 19.0. The second-order valence-electron chi connectivity index (χ2n) is 32.6. The van der Waals surface area contributed by atoms with Crippen molar-refractivity contribution < 1.29 is 19.1 Å². The maximum atomic E-state index is 13.1. The van der Waals surface area contributed by atoms with Gasteiger partial charge in [0, 0.05) is 157 Å². The Hall–Kier alpha value is -9.37. The molecule has 6 aromatic heterocycles. The molecule has 0 spiro atoms. The molecule has 0 bridgehead atoms. The molecule has 727 valence electrons. The number of carbonyl (C=O) groups is 2. The van der Waals surface area contributed by atoms with Crippen molar-refractivity contribution in [1.29, 1.82) is 0 Å². The number of halogens is 9. The van der Waals surface area contributed by atoms with Crippen molar-refractivity contribution in [2.45, 2.75) is 87.0 Å². The van der Waals surface area contributed by atoms with Crippen LogP contribution in [0.15, 0.2) is 176 Å². The van der Waals surface area contributed by atoms with Crippen molar-refractivity contribution in [1.82, 2.24) is 78.2 Å². The fraction of sp³-hybridized carbons (Fsp3) is 0.383. The summed E-state index contributed by atoms with van der Waals surface area (Å²) in [5.74, 6) is 4.81. The topological polar surface area (TPSA) is 558 Å². The molecule has 6 atom stereocenters. The van der Waals surface area contributed by atoms with Crippen molar-refractivity contribution in [3.8, 4) is 0 Å². The first-order valence-electron chi connectivity index (χ1n) is 40.3. The average Bonchev–Trinajstić information content (AvgIpc) is 1.66. The van der Waals surface area contributed by atoms with E-state index in [4.69, 9.17) is 137 Å². The summed E-state index contributed by atoms with van der Waals surface area (Å²) in [6.07, 6.45) is -0.434. The number of rotatable bonds is 8. The second-order valence-corrected chi connectivity index (χ2v) is 40.4. The predicted octanol–water partition coefficient (Wildman–Crippen LogP) is 9.97. The number of aromatic amines is 5. The van der Waals surface area contributed by atoms with Gasteiger partial charge in [0.2, 0.25) is 11.9 Å². The van der Waals surface area contributed by atoms with Crippen molar-refractivity contribution in [2.24, 2.45) is 75.0 Å². The monoisotopic (exact) mass is 2170 g/mol. The number of benzene rings is 4. The standard InChI is InChI=1S/C22H27Cl2N5O3S.C17H19Cl2N5OS.C11H9Cl2N3O2S.C11H20N2O2.C6H4Cl2S.C5H6BrN3O2.C5H7N3O2.C4H5N3O2.BHNS/c1-22(2,3)32-21(31)29-10-12-8-28(9-13(12)11-29)20-26-18(25)17(19(30)27(20)4)33-15-7-5-6-14(23)16(15)24;1-23-16(25)14(26-12-4-2-3-11(18)13(12)19)15(20)22-17(23)24-7-9-5-21-6-10(9)8-24;1-16-10(17)8(9(14)15-11(16)18)19-6-4-2-3-5(12)7(6)13;1-11(2,3)15-10(14)13-6-8-4-12-5-9(8)7-13;7-4-2-1-3-5(9)6(4)8;1-9-4(10)2(6)3(7)8-5(9)11;1-8-4(9)2-3(6)7-5(8)10;5-2-1-3(8)7-4(9)6-2;1-2-3/h5-7,12-13H,8-11,25H2,1-4H3;2-4,9-10,21H,5-8,20H2,1H3;2-4H,14H2,1H3,(H,15,18);8-9,12H,4-7H2,1-3H3;1-3,9H;7H2,1H3,(H,8,11);2H,6H2,1H3,(H,7,10);1H,(H4,5,6,7,8,9);3H. The Morgan fingerprint density at radius 2 is 0.785 bits per heavy atom. The Morgan fingerprint density at radius 3 is 1.16 bits per heavy atom. The number of nitrogens with zero attached hydrogens (tertiary/aromatic N) is 12. The molecule has 54 heteroatoms. The van der Waals surface area contributed by atoms with Gasteiger partial charge in [-0.2, -0.15) is 9.97 Å². The third kappa shape index (κ3) is 30.3. The molecule has 135 heavy (non-hydrogen) atoms. The SMILES string of the molecule is CC(C)(C)OC(=O)N1CC2CNCC2C1.Cn1c(=O)[nH]c(N)c(Br)c1=O.Cn1c(=O)[nH]c(N)c(Sc2cccc(Cl)c2Cl)c1=O.Cn1c(=O)cc(N)[nH]c1=O.Cn1c(N2CC3CN(C(=O)OC(C)(C)C)CC3C2)nc(N)c(Sc2cccc(Cl)c2Cl)c1=O.Cn1c(N2CC3CNCC3C2)nc(N)c(Sc2cccc(Cl)c2Cl)c1=O.Nc1cc(=O)[nH]c(=O)[nH]1.Sc1cccc(Cl)c1Cl.[B]=NS. The van der Waals surface area contributed by atoms with Gasteiger partial charge in [0.1, 0.15) is 65.3 Å². The molecule has 16 rings (SSSR count). The van der Waals surface area contributed by atoms with Gasteiger partial charge >= 0.3 is 59.7 Å². The van der Waals surface area contributed by atoms with Crippen LogP contribution < -0.4 is 111 Å². The number of nitrogens with one attached hydrogen (secondary N) is 7. The van der Waals surface area contributed by atoms with Gasteiger partial charge in [0.15, 0.2) is 0 Å². The van der Waals surface area contributed by atoms with Crippen LogP contribution >= 0.6 is 169 Å². The van der Waals surface area contributed by atoms with Gasteiger partial charge in [-0.15, -0.1) is 12.6 Å². The van der Waals surface area contributed by atoms with Crippen LogP contribution in [0.2, 0.25) is 40.2 Å². The van der Waals surface area contributed by atoms with Crippen molar-refractivity contribution in [3.05, 3.63) is 234 Å². The van der Waals surface area contributed by atoms with E-state index >= 15 is 0 Å². The minimum absolute atomic E-state index is 0.00846. The van der Waals surface area contributed by atoms with E-state index in [9.17, 15) is 57.5 Å². The minimum atomic E-state index is -0.583. The Bertz CT molecular complexity index is 6540. The summed E-state index contributed by atoms with van der Waals surface area (Å²) in [5.41, 5.74) is 28.2. The number of aromatic nitrogens is 12. The van der Waals surface area contributed by atoms with Gasteiger partial charge in [0.05, 0.1) is 40.2 Å². The molecule has 6 aliphatic rings. The van der Waals surface area contributed by atoms with Gasteiger partial charge in [0.25, 0.3) is 33.4 Å². The molecule has 4 aromatic carbocycles. The molecule has 0 saturated carbocycles. The van der Waals surface area contributed by atoms with Crippen LogP contribution in [0.1, 0.15) is 41.5 Å². The fourth-order valence-electron chi connectivity index (χ4n) is 13.8. The molecule has 1 radical (unpaired) electrons. The normalized spacial score (nSPS) is 17.0. The van der Waals surface area contributed by atoms with E-state index in [0.717, 1.165) is 102 Å². The van der Waals surface area contributed by atoms with Crippen LogP contribution in [0.3, 0.4) is 0 Å². The number of nitrogen functional groups attached to an aromatic ring is 6. The van der Waals surface area contributed by atoms with E-state index in [0.29, 0.717) is 131 Å². The Kier molecular flexibility index (Phi) is 40.5. The number of ether oxygens (including phenoxy) is 2. The summed E-state index contributed by atoms with van der Waals surface area (Å²) in [6.45, 7) is 21.6. The Morgan fingerprint density at radius 1 is 0.452 bits per heavy atom. The van der Waals surface area contributed by atoms with Crippen molar-refractivity contribution >= 4 is 236 Å². The zero-order valence-electron chi connectivity index (χ0n) is 74.2. The number of carbonyl (C=O) groups excluding carboxylic acids is 2. The van der Waals surface area contributed by atoms with Gasteiger partial charge in [-0.3, -0.25) is 76.5 Å². The third-order valence-electron chi connectivity index (χ3n) is 20.5. The van der Waals surface area contributed by atoms with Crippen molar-refractivity contribution in [3.63, 3.8) is 0 Å². The first kappa shape index (κ1) is 111. The molecule has 39 nitrogen and oxygen atoms in total. The molecule has 12 heterocycles. The first-order chi connectivity index (χ1) is 63.2. The number of anilines is 8. The van der Waals surface area contributed by atoms with E-state index in [1.165, 1.54) is 37.5 Å². The summed E-state index contributed by atoms with van der Waals surface area (Å²) in [5, 5.41) is 10.2. The summed E-state index contributed by atoms with van der Waals surface area (Å²) in [6, 6.07) is 23.2. The van der Waals surface area contributed by atoms with Crippen LogP contribution in [-0.4, -0.2) is 177 Å².